The number of hydrogen-bond acceptors (Lipinski definition) is 4. The highest BCUT2D eigenvalue weighted by Crippen LogP contribution is 2.24. The minimum absolute atomic E-state index is 0.0213. The molecule has 2 heterocycles. The zero-order valence-corrected chi connectivity index (χ0v) is 12.2. The highest BCUT2D eigenvalue weighted by Gasteiger charge is 2.21. The topological polar surface area (TPSA) is 41.1 Å². The second kappa shape index (κ2) is 4.90. The average Bonchev–Trinajstić information content (AvgIpc) is 2.28. The van der Waals surface area contributed by atoms with E-state index in [-0.39, 0.29) is 5.41 Å². The molecule has 1 aliphatic heterocycles. The SMILES string of the molecule is CC(C)(C)c1nc(Br)cc(N2CCNCC2)n1. The summed E-state index contributed by atoms with van der Waals surface area (Å²) in [6, 6.07) is 2.00. The fourth-order valence-corrected chi connectivity index (χ4v) is 2.17. The van der Waals surface area contributed by atoms with Crippen molar-refractivity contribution in [3.63, 3.8) is 0 Å². The number of rotatable bonds is 1. The summed E-state index contributed by atoms with van der Waals surface area (Å²) in [7, 11) is 0. The monoisotopic (exact) mass is 298 g/mol. The molecule has 1 aromatic heterocycles. The number of hydrogen-bond donors (Lipinski definition) is 1. The predicted octanol–water partition coefficient (Wildman–Crippen LogP) is 1.95. The van der Waals surface area contributed by atoms with Gasteiger partial charge in [0.15, 0.2) is 0 Å². The smallest absolute Gasteiger partial charge is 0.137 e. The molecule has 0 amide bonds. The molecule has 0 radical (unpaired) electrons. The largest absolute Gasteiger partial charge is 0.354 e. The van der Waals surface area contributed by atoms with Gasteiger partial charge in [0.1, 0.15) is 16.2 Å². The van der Waals surface area contributed by atoms with E-state index in [1.807, 2.05) is 6.07 Å². The first-order valence-corrected chi connectivity index (χ1v) is 6.77. The quantitative estimate of drug-likeness (QED) is 0.805. The van der Waals surface area contributed by atoms with E-state index in [0.29, 0.717) is 0 Å². The minimum Gasteiger partial charge on any atom is -0.354 e. The maximum Gasteiger partial charge on any atom is 0.137 e. The summed E-state index contributed by atoms with van der Waals surface area (Å²) in [4.78, 5) is 11.5. The second-order valence-corrected chi connectivity index (χ2v) is 6.17. The minimum atomic E-state index is -0.0213. The highest BCUT2D eigenvalue weighted by atomic mass is 79.9. The molecule has 0 atom stereocenters. The zero-order chi connectivity index (χ0) is 12.5. The third kappa shape index (κ3) is 3.16. The van der Waals surface area contributed by atoms with Gasteiger partial charge in [0.25, 0.3) is 0 Å². The van der Waals surface area contributed by atoms with E-state index < -0.39 is 0 Å². The molecular formula is C12H19BrN4. The molecule has 94 valence electrons. The van der Waals surface area contributed by atoms with Gasteiger partial charge in [0.2, 0.25) is 0 Å². The van der Waals surface area contributed by atoms with E-state index in [1.165, 1.54) is 0 Å². The molecular weight excluding hydrogens is 280 g/mol. The molecule has 0 aromatic carbocycles. The van der Waals surface area contributed by atoms with E-state index in [0.717, 1.165) is 42.4 Å². The fraction of sp³-hybridized carbons (Fsp3) is 0.667. The summed E-state index contributed by atoms with van der Waals surface area (Å²) in [5.41, 5.74) is -0.0213. The van der Waals surface area contributed by atoms with Crippen LogP contribution in [0.3, 0.4) is 0 Å². The van der Waals surface area contributed by atoms with E-state index in [2.05, 4.69) is 56.9 Å². The van der Waals surface area contributed by atoms with Gasteiger partial charge in [-0.3, -0.25) is 0 Å². The van der Waals surface area contributed by atoms with Crippen LogP contribution in [0.25, 0.3) is 0 Å². The predicted molar refractivity (Wildman–Crippen MR) is 73.5 cm³/mol. The Morgan fingerprint density at radius 3 is 2.47 bits per heavy atom. The lowest BCUT2D eigenvalue weighted by Crippen LogP contribution is -2.44. The highest BCUT2D eigenvalue weighted by molar-refractivity contribution is 9.10. The number of anilines is 1. The molecule has 1 fully saturated rings. The standard InChI is InChI=1S/C12H19BrN4/c1-12(2,3)11-15-9(13)8-10(16-11)17-6-4-14-5-7-17/h8,14H,4-7H2,1-3H3. The number of nitrogens with one attached hydrogen (secondary N) is 1. The molecule has 0 bridgehead atoms. The first-order chi connectivity index (χ1) is 7.97. The average molecular weight is 299 g/mol. The van der Waals surface area contributed by atoms with Crippen molar-refractivity contribution in [2.75, 3.05) is 31.1 Å². The normalized spacial score (nSPS) is 17.3. The van der Waals surface area contributed by atoms with Crippen molar-refractivity contribution in [1.29, 1.82) is 0 Å². The van der Waals surface area contributed by atoms with E-state index in [9.17, 15) is 0 Å². The Bertz CT molecular complexity index is 394. The van der Waals surface area contributed by atoms with Crippen molar-refractivity contribution in [2.45, 2.75) is 26.2 Å². The van der Waals surface area contributed by atoms with Crippen LogP contribution in [-0.4, -0.2) is 36.1 Å². The Balaban J connectivity index is 2.31. The summed E-state index contributed by atoms with van der Waals surface area (Å²) in [6.45, 7) is 10.5. The number of nitrogens with zero attached hydrogens (tertiary/aromatic N) is 3. The fourth-order valence-electron chi connectivity index (χ4n) is 1.80. The first-order valence-electron chi connectivity index (χ1n) is 5.97. The Morgan fingerprint density at radius 2 is 1.88 bits per heavy atom. The van der Waals surface area contributed by atoms with Crippen molar-refractivity contribution < 1.29 is 0 Å². The van der Waals surface area contributed by atoms with Crippen LogP contribution in [0.1, 0.15) is 26.6 Å². The third-order valence-electron chi connectivity index (χ3n) is 2.79. The van der Waals surface area contributed by atoms with Gasteiger partial charge >= 0.3 is 0 Å². The van der Waals surface area contributed by atoms with Crippen LogP contribution >= 0.6 is 15.9 Å². The zero-order valence-electron chi connectivity index (χ0n) is 10.6. The van der Waals surface area contributed by atoms with Gasteiger partial charge in [-0.25, -0.2) is 9.97 Å². The first kappa shape index (κ1) is 12.8. The van der Waals surface area contributed by atoms with Crippen molar-refractivity contribution in [3.8, 4) is 0 Å². The van der Waals surface area contributed by atoms with Gasteiger partial charge in [-0.1, -0.05) is 20.8 Å². The van der Waals surface area contributed by atoms with Crippen LogP contribution in [-0.2, 0) is 5.41 Å². The van der Waals surface area contributed by atoms with Crippen LogP contribution < -0.4 is 10.2 Å². The van der Waals surface area contributed by atoms with E-state index >= 15 is 0 Å². The van der Waals surface area contributed by atoms with Crippen LogP contribution in [0, 0.1) is 0 Å². The molecule has 2 rings (SSSR count). The maximum atomic E-state index is 4.69. The van der Waals surface area contributed by atoms with Crippen molar-refractivity contribution in [2.24, 2.45) is 0 Å². The number of piperazine rings is 1. The van der Waals surface area contributed by atoms with Gasteiger partial charge in [-0.15, -0.1) is 0 Å². The summed E-state index contributed by atoms with van der Waals surface area (Å²) < 4.78 is 0.867. The van der Waals surface area contributed by atoms with Gasteiger partial charge in [-0.05, 0) is 15.9 Å². The Hall–Kier alpha value is -0.680. The molecule has 1 saturated heterocycles. The molecule has 17 heavy (non-hydrogen) atoms. The third-order valence-corrected chi connectivity index (χ3v) is 3.20. The van der Waals surface area contributed by atoms with Crippen LogP contribution in [0.15, 0.2) is 10.7 Å². The summed E-state index contributed by atoms with van der Waals surface area (Å²) in [5, 5.41) is 3.35. The van der Waals surface area contributed by atoms with Crippen molar-refractivity contribution >= 4 is 21.7 Å². The molecule has 5 heteroatoms. The van der Waals surface area contributed by atoms with Crippen LogP contribution in [0.5, 0.6) is 0 Å². The van der Waals surface area contributed by atoms with Crippen molar-refractivity contribution in [3.05, 3.63) is 16.5 Å². The molecule has 4 nitrogen and oxygen atoms in total. The van der Waals surface area contributed by atoms with E-state index in [1.54, 1.807) is 0 Å². The molecule has 0 spiro atoms. The summed E-state index contributed by atoms with van der Waals surface area (Å²) >= 11 is 3.48. The Morgan fingerprint density at radius 1 is 1.24 bits per heavy atom. The van der Waals surface area contributed by atoms with Gasteiger partial charge < -0.3 is 10.2 Å². The molecule has 1 aliphatic rings. The van der Waals surface area contributed by atoms with E-state index in [4.69, 9.17) is 0 Å². The Kier molecular flexibility index (Phi) is 3.68. The van der Waals surface area contributed by atoms with Crippen LogP contribution in [0.4, 0.5) is 5.82 Å². The summed E-state index contributed by atoms with van der Waals surface area (Å²) in [5.74, 6) is 1.92. The van der Waals surface area contributed by atoms with Gasteiger partial charge in [0, 0.05) is 37.7 Å². The molecule has 0 unspecified atom stereocenters. The molecule has 0 saturated carbocycles. The summed E-state index contributed by atoms with van der Waals surface area (Å²) in [6.07, 6.45) is 0. The second-order valence-electron chi connectivity index (χ2n) is 5.36. The molecule has 1 N–H and O–H groups in total. The van der Waals surface area contributed by atoms with Crippen molar-refractivity contribution in [1.82, 2.24) is 15.3 Å². The van der Waals surface area contributed by atoms with Gasteiger partial charge in [0.05, 0.1) is 0 Å². The lowest BCUT2D eigenvalue weighted by Gasteiger charge is -2.29. The molecule has 1 aromatic rings. The Labute approximate surface area is 111 Å². The van der Waals surface area contributed by atoms with Gasteiger partial charge in [-0.2, -0.15) is 0 Å². The molecule has 0 aliphatic carbocycles. The van der Waals surface area contributed by atoms with Crippen LogP contribution in [0.2, 0.25) is 0 Å². The lowest BCUT2D eigenvalue weighted by atomic mass is 9.96. The maximum absolute atomic E-state index is 4.69. The lowest BCUT2D eigenvalue weighted by molar-refractivity contribution is 0.536. The number of aromatic nitrogens is 2. The number of halogens is 1.